The largest absolute Gasteiger partial charge is 0.316 e. The third-order valence-corrected chi connectivity index (χ3v) is 3.85. The van der Waals surface area contributed by atoms with Crippen molar-refractivity contribution in [1.82, 2.24) is 5.32 Å². The molecule has 0 saturated heterocycles. The average Bonchev–Trinajstić information content (AvgIpc) is 2.39. The number of halogens is 2. The topological polar surface area (TPSA) is 12.0 Å². The van der Waals surface area contributed by atoms with Gasteiger partial charge in [0.15, 0.2) is 0 Å². The van der Waals surface area contributed by atoms with Crippen LogP contribution in [-0.2, 0) is 12.8 Å². The second kappa shape index (κ2) is 5.33. The van der Waals surface area contributed by atoms with Gasteiger partial charge in [-0.1, -0.05) is 15.9 Å². The molecule has 0 bridgehead atoms. The van der Waals surface area contributed by atoms with Gasteiger partial charge in [0.1, 0.15) is 0 Å². The molecule has 1 N–H and O–H groups in total. The fourth-order valence-corrected chi connectivity index (χ4v) is 2.94. The van der Waals surface area contributed by atoms with E-state index in [1.54, 1.807) is 5.56 Å². The molecule has 0 saturated carbocycles. The molecular weight excluding hydrogens is 273 g/mol. The Balaban J connectivity index is 0.00000112. The van der Waals surface area contributed by atoms with Gasteiger partial charge in [0.25, 0.3) is 0 Å². The number of aryl methyl sites for hydroxylation is 1. The zero-order valence-electron chi connectivity index (χ0n) is 9.19. The standard InChI is InChI=1S/C12H16BrN.ClH/c1-8-7-12(13)11-4-6-14-5-3-10(11)9(8)2;/h7,14H,3-6H2,1-2H3;1H. The van der Waals surface area contributed by atoms with Gasteiger partial charge < -0.3 is 5.32 Å². The third-order valence-electron chi connectivity index (χ3n) is 3.14. The minimum Gasteiger partial charge on any atom is -0.316 e. The molecule has 1 aliphatic heterocycles. The van der Waals surface area contributed by atoms with Crippen molar-refractivity contribution in [2.24, 2.45) is 0 Å². The fraction of sp³-hybridized carbons (Fsp3) is 0.500. The van der Waals surface area contributed by atoms with Gasteiger partial charge in [-0.3, -0.25) is 0 Å². The van der Waals surface area contributed by atoms with Crippen molar-refractivity contribution in [1.29, 1.82) is 0 Å². The SMILES string of the molecule is Cc1cc(Br)c2c(c1C)CCNCC2.Cl. The molecule has 1 aromatic carbocycles. The lowest BCUT2D eigenvalue weighted by Gasteiger charge is -2.13. The van der Waals surface area contributed by atoms with Crippen molar-refractivity contribution in [3.8, 4) is 0 Å². The molecule has 2 rings (SSSR count). The number of hydrogen-bond donors (Lipinski definition) is 1. The van der Waals surface area contributed by atoms with Gasteiger partial charge in [0.05, 0.1) is 0 Å². The van der Waals surface area contributed by atoms with E-state index >= 15 is 0 Å². The summed E-state index contributed by atoms with van der Waals surface area (Å²) < 4.78 is 1.29. The molecule has 0 amide bonds. The minimum atomic E-state index is 0. The van der Waals surface area contributed by atoms with E-state index in [1.165, 1.54) is 27.6 Å². The lowest BCUT2D eigenvalue weighted by Crippen LogP contribution is -2.16. The predicted octanol–water partition coefficient (Wildman–Crippen LogP) is 3.18. The van der Waals surface area contributed by atoms with Crippen LogP contribution >= 0.6 is 28.3 Å². The molecule has 0 aromatic heterocycles. The smallest absolute Gasteiger partial charge is 0.0213 e. The molecule has 0 spiro atoms. The molecule has 1 aromatic rings. The summed E-state index contributed by atoms with van der Waals surface area (Å²) in [5.41, 5.74) is 5.95. The van der Waals surface area contributed by atoms with E-state index in [9.17, 15) is 0 Å². The highest BCUT2D eigenvalue weighted by atomic mass is 79.9. The molecule has 0 radical (unpaired) electrons. The quantitative estimate of drug-likeness (QED) is 0.774. The summed E-state index contributed by atoms with van der Waals surface area (Å²) in [6, 6.07) is 2.25. The minimum absolute atomic E-state index is 0. The molecule has 84 valence electrons. The Morgan fingerprint density at radius 1 is 1.13 bits per heavy atom. The highest BCUT2D eigenvalue weighted by Gasteiger charge is 2.14. The average molecular weight is 291 g/mol. The van der Waals surface area contributed by atoms with Crippen LogP contribution in [0.25, 0.3) is 0 Å². The molecule has 15 heavy (non-hydrogen) atoms. The van der Waals surface area contributed by atoms with Crippen molar-refractivity contribution < 1.29 is 0 Å². The van der Waals surface area contributed by atoms with E-state index < -0.39 is 0 Å². The molecule has 0 atom stereocenters. The highest BCUT2D eigenvalue weighted by molar-refractivity contribution is 9.10. The van der Waals surface area contributed by atoms with Crippen LogP contribution in [0.2, 0.25) is 0 Å². The first-order chi connectivity index (χ1) is 6.70. The number of nitrogens with one attached hydrogen (secondary N) is 1. The first-order valence-corrected chi connectivity index (χ1v) is 5.97. The maximum atomic E-state index is 3.67. The summed E-state index contributed by atoms with van der Waals surface area (Å²) in [5, 5.41) is 3.45. The summed E-state index contributed by atoms with van der Waals surface area (Å²) >= 11 is 3.67. The first kappa shape index (κ1) is 13.0. The van der Waals surface area contributed by atoms with Gasteiger partial charge in [0.2, 0.25) is 0 Å². The Morgan fingerprint density at radius 2 is 1.73 bits per heavy atom. The third kappa shape index (κ3) is 2.55. The first-order valence-electron chi connectivity index (χ1n) is 5.18. The van der Waals surface area contributed by atoms with Crippen LogP contribution < -0.4 is 5.32 Å². The van der Waals surface area contributed by atoms with Crippen LogP contribution in [0, 0.1) is 13.8 Å². The van der Waals surface area contributed by atoms with Crippen molar-refractivity contribution in [3.63, 3.8) is 0 Å². The molecule has 0 unspecified atom stereocenters. The number of rotatable bonds is 0. The zero-order valence-corrected chi connectivity index (χ0v) is 11.6. The normalized spacial score (nSPS) is 15.1. The summed E-state index contributed by atoms with van der Waals surface area (Å²) in [7, 11) is 0. The summed E-state index contributed by atoms with van der Waals surface area (Å²) in [6.45, 7) is 6.66. The molecular formula is C12H17BrClN. The highest BCUT2D eigenvalue weighted by Crippen LogP contribution is 2.28. The molecule has 0 fully saturated rings. The van der Waals surface area contributed by atoms with Gasteiger partial charge in [-0.15, -0.1) is 12.4 Å². The maximum Gasteiger partial charge on any atom is 0.0213 e. The van der Waals surface area contributed by atoms with Gasteiger partial charge in [-0.05, 0) is 68.1 Å². The second-order valence-corrected chi connectivity index (χ2v) is 4.86. The maximum absolute atomic E-state index is 3.67. The predicted molar refractivity (Wildman–Crippen MR) is 71.1 cm³/mol. The Labute approximate surface area is 106 Å². The van der Waals surface area contributed by atoms with E-state index in [4.69, 9.17) is 0 Å². The van der Waals surface area contributed by atoms with Crippen molar-refractivity contribution >= 4 is 28.3 Å². The van der Waals surface area contributed by atoms with Crippen LogP contribution in [0.5, 0.6) is 0 Å². The van der Waals surface area contributed by atoms with E-state index in [-0.39, 0.29) is 12.4 Å². The Morgan fingerprint density at radius 3 is 2.40 bits per heavy atom. The Hall–Kier alpha value is -0.0500. The molecule has 0 aliphatic carbocycles. The lowest BCUT2D eigenvalue weighted by atomic mass is 9.94. The van der Waals surface area contributed by atoms with Crippen molar-refractivity contribution in [2.75, 3.05) is 13.1 Å². The van der Waals surface area contributed by atoms with Crippen LogP contribution in [0.1, 0.15) is 22.3 Å². The van der Waals surface area contributed by atoms with Gasteiger partial charge in [-0.25, -0.2) is 0 Å². The van der Waals surface area contributed by atoms with Crippen LogP contribution in [0.3, 0.4) is 0 Å². The number of fused-ring (bicyclic) bond motifs is 1. The van der Waals surface area contributed by atoms with E-state index in [2.05, 4.69) is 41.2 Å². The Bertz CT molecular complexity index is 363. The Kier molecular flexibility index (Phi) is 4.63. The summed E-state index contributed by atoms with van der Waals surface area (Å²) in [5.74, 6) is 0. The van der Waals surface area contributed by atoms with Crippen LogP contribution in [-0.4, -0.2) is 13.1 Å². The number of benzene rings is 1. The fourth-order valence-electron chi connectivity index (χ4n) is 2.15. The summed E-state index contributed by atoms with van der Waals surface area (Å²) in [4.78, 5) is 0. The van der Waals surface area contributed by atoms with Gasteiger partial charge >= 0.3 is 0 Å². The molecule has 1 nitrogen and oxygen atoms in total. The van der Waals surface area contributed by atoms with E-state index in [1.807, 2.05) is 0 Å². The van der Waals surface area contributed by atoms with E-state index in [0.717, 1.165) is 19.5 Å². The van der Waals surface area contributed by atoms with Crippen LogP contribution in [0.15, 0.2) is 10.5 Å². The second-order valence-electron chi connectivity index (χ2n) is 4.01. The van der Waals surface area contributed by atoms with Crippen molar-refractivity contribution in [3.05, 3.63) is 32.8 Å². The number of hydrogen-bond acceptors (Lipinski definition) is 1. The zero-order chi connectivity index (χ0) is 10.1. The van der Waals surface area contributed by atoms with E-state index in [0.29, 0.717) is 0 Å². The molecule has 1 heterocycles. The van der Waals surface area contributed by atoms with Gasteiger partial charge in [-0.2, -0.15) is 0 Å². The van der Waals surface area contributed by atoms with Gasteiger partial charge in [0, 0.05) is 4.47 Å². The molecule has 3 heteroatoms. The monoisotopic (exact) mass is 289 g/mol. The summed E-state index contributed by atoms with van der Waals surface area (Å²) in [6.07, 6.45) is 2.32. The van der Waals surface area contributed by atoms with Crippen LogP contribution in [0.4, 0.5) is 0 Å². The lowest BCUT2D eigenvalue weighted by molar-refractivity contribution is 0.710. The molecule has 1 aliphatic rings. The van der Waals surface area contributed by atoms with Crippen molar-refractivity contribution in [2.45, 2.75) is 26.7 Å².